The van der Waals surface area contributed by atoms with E-state index in [4.69, 9.17) is 27.1 Å². The summed E-state index contributed by atoms with van der Waals surface area (Å²) in [6.07, 6.45) is 2.14. The van der Waals surface area contributed by atoms with Crippen molar-refractivity contribution in [2.45, 2.75) is 69.7 Å². The number of hydrogen-bond donors (Lipinski definition) is 1. The van der Waals surface area contributed by atoms with Crippen LogP contribution in [0.1, 0.15) is 51.5 Å². The number of carbonyl (C=O) groups excluding carboxylic acids is 1. The number of nitrogens with zero attached hydrogens (tertiary/aromatic N) is 6. The van der Waals surface area contributed by atoms with Crippen LogP contribution in [0.25, 0.3) is 32.1 Å². The molecule has 2 aromatic heterocycles. The summed E-state index contributed by atoms with van der Waals surface area (Å²) >= 11 is 7.76. The Labute approximate surface area is 285 Å². The number of hydrogen-bond acceptors (Lipinski definition) is 9. The van der Waals surface area contributed by atoms with Gasteiger partial charge in [-0.05, 0) is 50.4 Å². The van der Waals surface area contributed by atoms with Crippen LogP contribution in [0, 0.1) is 23.0 Å². The van der Waals surface area contributed by atoms with Gasteiger partial charge in [-0.15, -0.1) is 11.3 Å². The number of benzene rings is 2. The third kappa shape index (κ3) is 5.11. The maximum absolute atomic E-state index is 17.0. The summed E-state index contributed by atoms with van der Waals surface area (Å²) in [5.41, 5.74) is 5.68. The first-order chi connectivity index (χ1) is 23.0. The number of likely N-dealkylation sites (N-methyl/N-ethyl adjacent to an activating group) is 1. The molecule has 4 aromatic rings. The molecule has 0 spiro atoms. The molecule has 0 aliphatic carbocycles. The van der Waals surface area contributed by atoms with E-state index in [0.717, 1.165) is 30.7 Å². The fourth-order valence-corrected chi connectivity index (χ4v) is 9.29. The van der Waals surface area contributed by atoms with E-state index in [1.165, 1.54) is 12.1 Å². The molecule has 48 heavy (non-hydrogen) atoms. The molecule has 9 nitrogen and oxygen atoms in total. The summed E-state index contributed by atoms with van der Waals surface area (Å²) in [7, 11) is 1.84. The molecular weight excluding hydrogens is 663 g/mol. The summed E-state index contributed by atoms with van der Waals surface area (Å²) in [6.45, 7) is 5.65. The van der Waals surface area contributed by atoms with Crippen molar-refractivity contribution in [3.8, 4) is 23.2 Å². The number of nitriles is 1. The lowest BCUT2D eigenvalue weighted by Crippen LogP contribution is -2.44. The van der Waals surface area contributed by atoms with E-state index in [9.17, 15) is 18.8 Å². The van der Waals surface area contributed by atoms with E-state index in [1.54, 1.807) is 6.07 Å². The summed E-state index contributed by atoms with van der Waals surface area (Å²) in [4.78, 5) is 27.9. The predicted octanol–water partition coefficient (Wildman–Crippen LogP) is 6.69. The molecular formula is C34H35ClF3N7O2S. The first-order valence-electron chi connectivity index (χ1n) is 16.1. The normalized spacial score (nSPS) is 24.0. The lowest BCUT2D eigenvalue weighted by atomic mass is 9.95. The average molecular weight is 698 g/mol. The number of alkyl halides is 1. The molecule has 0 bridgehead atoms. The van der Waals surface area contributed by atoms with Gasteiger partial charge in [0, 0.05) is 55.4 Å². The van der Waals surface area contributed by atoms with Crippen LogP contribution >= 0.6 is 22.9 Å². The summed E-state index contributed by atoms with van der Waals surface area (Å²) in [5.74, 6) is -0.973. The number of nitrogens with two attached hydrogens (primary N) is 1. The van der Waals surface area contributed by atoms with Crippen LogP contribution < -0.4 is 15.4 Å². The molecule has 252 valence electrons. The number of aromatic nitrogens is 2. The highest BCUT2D eigenvalue weighted by atomic mass is 35.5. The molecule has 2 N–H and O–H groups in total. The molecule has 3 saturated heterocycles. The van der Waals surface area contributed by atoms with Gasteiger partial charge in [0.2, 0.25) is 5.91 Å². The molecule has 0 radical (unpaired) electrons. The maximum Gasteiger partial charge on any atom is 0.319 e. The Morgan fingerprint density at radius 2 is 2.10 bits per heavy atom. The molecule has 1 amide bonds. The Balaban J connectivity index is 1.38. The third-order valence-corrected chi connectivity index (χ3v) is 11.8. The van der Waals surface area contributed by atoms with Gasteiger partial charge in [-0.25, -0.2) is 13.2 Å². The van der Waals surface area contributed by atoms with Gasteiger partial charge in [-0.2, -0.15) is 15.2 Å². The molecule has 3 aliphatic rings. The number of nitrogen functional groups attached to an aromatic ring is 1. The topological polar surface area (TPSA) is 112 Å². The van der Waals surface area contributed by atoms with Crippen molar-refractivity contribution in [3.63, 3.8) is 0 Å². The molecule has 3 aliphatic heterocycles. The van der Waals surface area contributed by atoms with Crippen molar-refractivity contribution in [3.05, 3.63) is 40.4 Å². The Hall–Kier alpha value is -3.86. The van der Waals surface area contributed by atoms with Crippen molar-refractivity contribution in [2.24, 2.45) is 0 Å². The Kier molecular flexibility index (Phi) is 8.33. The minimum absolute atomic E-state index is 0.0103. The van der Waals surface area contributed by atoms with Crippen molar-refractivity contribution < 1.29 is 22.7 Å². The molecule has 7 rings (SSSR count). The standard InChI is InChI=1S/C34H35ClF3N7O2S/c1-4-25(46)45-11-8-24(17(45)2)43(3)32-20-12-22(35)27(19-6-7-23(37)30-26(19)21(14-39)31(40)48-30)28(38)29(20)41-33(42-32)47-16-34-9-5-10-44(34)15-18(36)13-34/h6-7,12,17-18,24H,4-5,8-11,13,15-16,40H2,1-3H3. The van der Waals surface area contributed by atoms with Crippen molar-refractivity contribution >= 4 is 60.7 Å². The van der Waals surface area contributed by atoms with Crippen molar-refractivity contribution in [1.29, 1.82) is 5.26 Å². The van der Waals surface area contributed by atoms with Crippen LogP contribution in [0.3, 0.4) is 0 Å². The van der Waals surface area contributed by atoms with Crippen LogP contribution in [-0.2, 0) is 4.79 Å². The van der Waals surface area contributed by atoms with Crippen LogP contribution in [0.5, 0.6) is 6.01 Å². The monoisotopic (exact) mass is 697 g/mol. The van der Waals surface area contributed by atoms with Crippen LogP contribution in [-0.4, -0.2) is 82.8 Å². The van der Waals surface area contributed by atoms with E-state index >= 15 is 4.39 Å². The summed E-state index contributed by atoms with van der Waals surface area (Å²) < 4.78 is 52.8. The molecule has 4 atom stereocenters. The Morgan fingerprint density at radius 1 is 1.31 bits per heavy atom. The quantitative estimate of drug-likeness (QED) is 0.228. The van der Waals surface area contributed by atoms with Gasteiger partial charge in [0.15, 0.2) is 5.82 Å². The Bertz CT molecular complexity index is 2000. The van der Waals surface area contributed by atoms with E-state index in [2.05, 4.69) is 9.88 Å². The number of amides is 1. The van der Waals surface area contributed by atoms with Crippen LogP contribution in [0.15, 0.2) is 18.2 Å². The minimum Gasteiger partial charge on any atom is -0.461 e. The number of fused-ring (bicyclic) bond motifs is 3. The zero-order valence-electron chi connectivity index (χ0n) is 26.8. The zero-order chi connectivity index (χ0) is 34.1. The number of anilines is 2. The highest BCUT2D eigenvalue weighted by Crippen LogP contribution is 2.46. The molecule has 3 fully saturated rings. The third-order valence-electron chi connectivity index (χ3n) is 10.4. The number of likely N-dealkylation sites (tertiary alicyclic amines) is 1. The molecule has 4 unspecified atom stereocenters. The maximum atomic E-state index is 17.0. The first kappa shape index (κ1) is 32.7. The van der Waals surface area contributed by atoms with E-state index in [1.807, 2.05) is 36.8 Å². The highest BCUT2D eigenvalue weighted by Gasteiger charge is 2.49. The molecule has 14 heteroatoms. The first-order valence-corrected chi connectivity index (χ1v) is 17.3. The molecule has 5 heterocycles. The largest absolute Gasteiger partial charge is 0.461 e. The highest BCUT2D eigenvalue weighted by molar-refractivity contribution is 7.23. The smallest absolute Gasteiger partial charge is 0.319 e. The molecule has 0 saturated carbocycles. The van der Waals surface area contributed by atoms with Gasteiger partial charge in [0.05, 0.1) is 26.9 Å². The number of rotatable bonds is 7. The van der Waals surface area contributed by atoms with E-state index < -0.39 is 23.3 Å². The second-order valence-corrected chi connectivity index (χ2v) is 14.5. The number of thiophene rings is 1. The van der Waals surface area contributed by atoms with Crippen LogP contribution in [0.2, 0.25) is 5.02 Å². The van der Waals surface area contributed by atoms with Gasteiger partial charge in [-0.3, -0.25) is 9.69 Å². The number of carbonyl (C=O) groups is 1. The summed E-state index contributed by atoms with van der Waals surface area (Å²) in [5, 5.41) is 10.5. The van der Waals surface area contributed by atoms with Crippen LogP contribution in [0.4, 0.5) is 24.0 Å². The van der Waals surface area contributed by atoms with Crippen molar-refractivity contribution in [1.82, 2.24) is 19.8 Å². The van der Waals surface area contributed by atoms with Crippen molar-refractivity contribution in [2.75, 3.05) is 43.9 Å². The van der Waals surface area contributed by atoms with E-state index in [0.29, 0.717) is 43.6 Å². The summed E-state index contributed by atoms with van der Waals surface area (Å²) in [6, 6.07) is 5.79. The second-order valence-electron chi connectivity index (χ2n) is 13.0. The number of halogens is 4. The average Bonchev–Trinajstić information content (AvgIpc) is 3.81. The fourth-order valence-electron chi connectivity index (χ4n) is 8.05. The number of ether oxygens (including phenoxy) is 1. The van der Waals surface area contributed by atoms with Gasteiger partial charge in [0.1, 0.15) is 41.0 Å². The minimum atomic E-state index is -0.954. The fraction of sp³-hybridized carbons (Fsp3) is 0.471. The van der Waals surface area contributed by atoms with Gasteiger partial charge in [-0.1, -0.05) is 24.6 Å². The lowest BCUT2D eigenvalue weighted by molar-refractivity contribution is -0.131. The predicted molar refractivity (Wildman–Crippen MR) is 181 cm³/mol. The van der Waals surface area contributed by atoms with Gasteiger partial charge in [0.25, 0.3) is 0 Å². The lowest BCUT2D eigenvalue weighted by Gasteiger charge is -2.33. The SMILES string of the molecule is CCC(=O)N1CCC(N(C)c2nc(OCC34CCCN3CC(F)C4)nc3c(F)c(-c4ccc(F)c5sc(N)c(C#N)c45)c(Cl)cc23)C1C. The zero-order valence-corrected chi connectivity index (χ0v) is 28.4. The Morgan fingerprint density at radius 3 is 2.85 bits per heavy atom. The van der Waals surface area contributed by atoms with Gasteiger partial charge >= 0.3 is 6.01 Å². The molecule has 2 aromatic carbocycles. The van der Waals surface area contributed by atoms with Gasteiger partial charge < -0.3 is 20.3 Å². The second kappa shape index (κ2) is 12.2. The van der Waals surface area contributed by atoms with E-state index in [-0.39, 0.29) is 72.9 Å².